The van der Waals surface area contributed by atoms with Crippen LogP contribution in [0.3, 0.4) is 0 Å². The van der Waals surface area contributed by atoms with E-state index in [0.29, 0.717) is 12.7 Å². The maximum atomic E-state index is 13.2. The van der Waals surface area contributed by atoms with Crippen molar-refractivity contribution in [2.45, 2.75) is 24.8 Å². The summed E-state index contributed by atoms with van der Waals surface area (Å²) in [6, 6.07) is 0.130. The quantitative estimate of drug-likeness (QED) is 0.803. The molecule has 2 atom stereocenters. The maximum Gasteiger partial charge on any atom is 0.417 e. The van der Waals surface area contributed by atoms with Crippen molar-refractivity contribution in [3.63, 3.8) is 0 Å². The highest BCUT2D eigenvalue weighted by molar-refractivity contribution is 6.33. The van der Waals surface area contributed by atoms with Gasteiger partial charge in [0.15, 0.2) is 0 Å². The number of pyridine rings is 1. The molecule has 1 aromatic rings. The number of hydrogen-bond donors (Lipinski definition) is 1. The average molecular weight is 334 g/mol. The van der Waals surface area contributed by atoms with E-state index >= 15 is 0 Å². The number of nitrogens with zero attached hydrogens (tertiary/aromatic N) is 2. The summed E-state index contributed by atoms with van der Waals surface area (Å²) in [7, 11) is 0. The largest absolute Gasteiger partial charge is 0.417 e. The zero-order chi connectivity index (χ0) is 14.2. The van der Waals surface area contributed by atoms with Crippen molar-refractivity contribution in [3.05, 3.63) is 22.8 Å². The summed E-state index contributed by atoms with van der Waals surface area (Å²) in [5.74, 6) is 0.206. The number of alkyl halides is 4. The van der Waals surface area contributed by atoms with Gasteiger partial charge in [0.2, 0.25) is 0 Å². The predicted molar refractivity (Wildman–Crippen MR) is 71.2 cm³/mol. The fourth-order valence-corrected chi connectivity index (χ4v) is 2.25. The monoisotopic (exact) mass is 333 g/mol. The van der Waals surface area contributed by atoms with Crippen molar-refractivity contribution in [2.24, 2.45) is 5.73 Å². The van der Waals surface area contributed by atoms with Gasteiger partial charge in [0.25, 0.3) is 0 Å². The van der Waals surface area contributed by atoms with E-state index < -0.39 is 24.0 Å². The molecule has 0 unspecified atom stereocenters. The standard InChI is InChI=1S/C11H12ClF4N3.ClH/c12-7-3-6(11(14,15)16)4-18-10(7)19-2-1-8(13)9(17)5-19;/h3-4,8-9H,1-2,5,17H2;1H/t8-,9+;/m1./s1. The Hall–Kier alpha value is -0.790. The molecule has 0 aliphatic carbocycles. The zero-order valence-corrected chi connectivity index (χ0v) is 11.8. The number of rotatable bonds is 1. The van der Waals surface area contributed by atoms with Gasteiger partial charge in [0.1, 0.15) is 12.0 Å². The van der Waals surface area contributed by atoms with E-state index in [2.05, 4.69) is 4.98 Å². The molecule has 0 bridgehead atoms. The van der Waals surface area contributed by atoms with Crippen molar-refractivity contribution in [1.82, 2.24) is 4.98 Å². The molecule has 2 heterocycles. The Morgan fingerprint density at radius 3 is 2.55 bits per heavy atom. The fourth-order valence-electron chi connectivity index (χ4n) is 1.96. The van der Waals surface area contributed by atoms with Gasteiger partial charge in [-0.2, -0.15) is 13.2 Å². The van der Waals surface area contributed by atoms with Gasteiger partial charge in [-0.25, -0.2) is 9.37 Å². The van der Waals surface area contributed by atoms with Gasteiger partial charge in [-0.05, 0) is 12.5 Å². The molecule has 9 heteroatoms. The second kappa shape index (κ2) is 6.32. The number of halogens is 6. The normalized spacial score (nSPS) is 23.4. The molecule has 0 radical (unpaired) electrons. The van der Waals surface area contributed by atoms with Crippen LogP contribution in [0, 0.1) is 0 Å². The first-order valence-electron chi connectivity index (χ1n) is 5.66. The minimum absolute atomic E-state index is 0. The lowest BCUT2D eigenvalue weighted by Gasteiger charge is -2.34. The molecule has 0 saturated carbocycles. The summed E-state index contributed by atoms with van der Waals surface area (Å²) in [6.07, 6.45) is -4.67. The van der Waals surface area contributed by atoms with Gasteiger partial charge < -0.3 is 10.6 Å². The van der Waals surface area contributed by atoms with Crippen LogP contribution in [0.5, 0.6) is 0 Å². The first kappa shape index (κ1) is 17.3. The van der Waals surface area contributed by atoms with Crippen LogP contribution in [-0.2, 0) is 6.18 Å². The van der Waals surface area contributed by atoms with Crippen molar-refractivity contribution < 1.29 is 17.6 Å². The summed E-state index contributed by atoms with van der Waals surface area (Å²) in [5, 5.41) is -0.112. The smallest absolute Gasteiger partial charge is 0.354 e. The molecule has 0 aromatic carbocycles. The van der Waals surface area contributed by atoms with Crippen LogP contribution in [0.2, 0.25) is 5.02 Å². The third-order valence-electron chi connectivity index (χ3n) is 3.02. The van der Waals surface area contributed by atoms with Crippen LogP contribution in [-0.4, -0.2) is 30.3 Å². The van der Waals surface area contributed by atoms with Gasteiger partial charge in [-0.1, -0.05) is 11.6 Å². The van der Waals surface area contributed by atoms with Crippen LogP contribution in [0.15, 0.2) is 12.3 Å². The number of hydrogen-bond acceptors (Lipinski definition) is 3. The van der Waals surface area contributed by atoms with Gasteiger partial charge in [0.05, 0.1) is 16.6 Å². The van der Waals surface area contributed by atoms with Crippen LogP contribution in [0.25, 0.3) is 0 Å². The molecule has 1 aliphatic heterocycles. The predicted octanol–water partition coefficient (Wildman–Crippen LogP) is 3.05. The number of anilines is 1. The molecule has 2 rings (SSSR count). The highest BCUT2D eigenvalue weighted by Gasteiger charge is 2.33. The second-order valence-electron chi connectivity index (χ2n) is 4.44. The van der Waals surface area contributed by atoms with Crippen molar-refractivity contribution in [3.8, 4) is 0 Å². The molecular weight excluding hydrogens is 321 g/mol. The van der Waals surface area contributed by atoms with Gasteiger partial charge in [0, 0.05) is 19.3 Å². The van der Waals surface area contributed by atoms with E-state index in [-0.39, 0.29) is 36.2 Å². The van der Waals surface area contributed by atoms with Crippen LogP contribution in [0.1, 0.15) is 12.0 Å². The van der Waals surface area contributed by atoms with Crippen LogP contribution in [0.4, 0.5) is 23.4 Å². The molecule has 1 saturated heterocycles. The highest BCUT2D eigenvalue weighted by Crippen LogP contribution is 2.34. The Bertz CT molecular complexity index is 469. The maximum absolute atomic E-state index is 13.2. The third-order valence-corrected chi connectivity index (χ3v) is 3.30. The summed E-state index contributed by atoms with van der Waals surface area (Å²) >= 11 is 5.81. The topological polar surface area (TPSA) is 42.1 Å². The van der Waals surface area contributed by atoms with E-state index in [1.807, 2.05) is 0 Å². The molecule has 1 aliphatic rings. The highest BCUT2D eigenvalue weighted by atomic mass is 35.5. The van der Waals surface area contributed by atoms with E-state index in [1.54, 1.807) is 4.90 Å². The summed E-state index contributed by atoms with van der Waals surface area (Å²) < 4.78 is 50.7. The molecule has 114 valence electrons. The number of piperidine rings is 1. The molecule has 0 amide bonds. The summed E-state index contributed by atoms with van der Waals surface area (Å²) in [6.45, 7) is 0.506. The van der Waals surface area contributed by atoms with Crippen LogP contribution >= 0.6 is 24.0 Å². The molecule has 20 heavy (non-hydrogen) atoms. The Labute approximate surface area is 124 Å². The van der Waals surface area contributed by atoms with E-state index in [9.17, 15) is 17.6 Å². The molecule has 1 aromatic heterocycles. The second-order valence-corrected chi connectivity index (χ2v) is 4.85. The van der Waals surface area contributed by atoms with Crippen molar-refractivity contribution in [2.75, 3.05) is 18.0 Å². The lowest BCUT2D eigenvalue weighted by atomic mass is 10.0. The number of nitrogens with two attached hydrogens (primary N) is 1. The first-order valence-corrected chi connectivity index (χ1v) is 6.04. The molecular formula is C11H13Cl2F4N3. The Morgan fingerprint density at radius 1 is 1.40 bits per heavy atom. The van der Waals surface area contributed by atoms with E-state index in [1.165, 1.54) is 0 Å². The van der Waals surface area contributed by atoms with Gasteiger partial charge >= 0.3 is 6.18 Å². The van der Waals surface area contributed by atoms with Gasteiger partial charge in [-0.3, -0.25) is 0 Å². The summed E-state index contributed by atoms with van der Waals surface area (Å²) in [4.78, 5) is 5.32. The molecule has 2 N–H and O–H groups in total. The Morgan fingerprint density at radius 2 is 2.05 bits per heavy atom. The third kappa shape index (κ3) is 3.65. The van der Waals surface area contributed by atoms with Crippen molar-refractivity contribution >= 4 is 29.8 Å². The molecule has 0 spiro atoms. The number of aromatic nitrogens is 1. The average Bonchev–Trinajstić information content (AvgIpc) is 2.31. The Kier molecular flexibility index (Phi) is 5.46. The van der Waals surface area contributed by atoms with E-state index in [0.717, 1.165) is 6.07 Å². The van der Waals surface area contributed by atoms with Gasteiger partial charge in [-0.15, -0.1) is 12.4 Å². The van der Waals surface area contributed by atoms with E-state index in [4.69, 9.17) is 17.3 Å². The zero-order valence-electron chi connectivity index (χ0n) is 10.2. The lowest BCUT2D eigenvalue weighted by Crippen LogP contribution is -2.50. The van der Waals surface area contributed by atoms with Crippen molar-refractivity contribution in [1.29, 1.82) is 0 Å². The molecule has 1 fully saturated rings. The minimum Gasteiger partial charge on any atom is -0.354 e. The summed E-state index contributed by atoms with van der Waals surface area (Å²) in [5.41, 5.74) is 4.68. The Balaban J connectivity index is 0.00000200. The fraction of sp³-hybridized carbons (Fsp3) is 0.545. The SMILES string of the molecule is Cl.N[C@H]1CN(c2ncc(C(F)(F)F)cc2Cl)CC[C@H]1F. The van der Waals surface area contributed by atoms with Crippen LogP contribution < -0.4 is 10.6 Å². The first-order chi connectivity index (χ1) is 8.79. The minimum atomic E-state index is -4.49. The lowest BCUT2D eigenvalue weighted by molar-refractivity contribution is -0.137. The molecule has 3 nitrogen and oxygen atoms in total.